The number of hydrogen-bond donors (Lipinski definition) is 1. The SMILES string of the molecule is Cl.Cn1c2c(c3ccc(-n4ccc(OCc5ccc(C(F)(F)F)nc5)cc4=O)cc31)C1CCCC(C2)N1. The summed E-state index contributed by atoms with van der Waals surface area (Å²) < 4.78 is 47.5. The molecule has 2 bridgehead atoms. The number of ether oxygens (including phenoxy) is 1. The average Bonchev–Trinajstić information content (AvgIpc) is 3.14. The number of aromatic nitrogens is 3. The van der Waals surface area contributed by atoms with Gasteiger partial charge < -0.3 is 14.6 Å². The number of piperidine rings is 1. The molecule has 37 heavy (non-hydrogen) atoms. The third-order valence-corrected chi connectivity index (χ3v) is 7.31. The number of fused-ring (bicyclic) bond motifs is 6. The number of benzene rings is 1. The van der Waals surface area contributed by atoms with E-state index in [1.807, 2.05) is 12.1 Å². The van der Waals surface area contributed by atoms with E-state index in [9.17, 15) is 18.0 Å². The molecule has 6 rings (SSSR count). The highest BCUT2D eigenvalue weighted by molar-refractivity contribution is 5.88. The molecule has 0 aliphatic carbocycles. The third kappa shape index (κ3) is 4.62. The number of halogens is 4. The Kier molecular flexibility index (Phi) is 6.53. The van der Waals surface area contributed by atoms with Crippen molar-refractivity contribution in [3.05, 3.63) is 87.7 Å². The van der Waals surface area contributed by atoms with Gasteiger partial charge in [-0.3, -0.25) is 14.3 Å². The van der Waals surface area contributed by atoms with Crippen molar-refractivity contribution in [2.45, 2.75) is 50.6 Å². The van der Waals surface area contributed by atoms with Crippen molar-refractivity contribution < 1.29 is 17.9 Å². The molecule has 10 heteroatoms. The van der Waals surface area contributed by atoms with E-state index < -0.39 is 11.9 Å². The molecule has 2 aliphatic heterocycles. The molecule has 0 saturated carbocycles. The zero-order chi connectivity index (χ0) is 25.0. The first-order valence-corrected chi connectivity index (χ1v) is 12.0. The average molecular weight is 531 g/mol. The second-order valence-corrected chi connectivity index (χ2v) is 9.58. The largest absolute Gasteiger partial charge is 0.489 e. The molecule has 3 aromatic heterocycles. The van der Waals surface area contributed by atoms with Crippen LogP contribution in [0.3, 0.4) is 0 Å². The lowest BCUT2D eigenvalue weighted by Gasteiger charge is -2.36. The Morgan fingerprint density at radius 2 is 1.97 bits per heavy atom. The van der Waals surface area contributed by atoms with Gasteiger partial charge in [0.15, 0.2) is 0 Å². The van der Waals surface area contributed by atoms with Gasteiger partial charge >= 0.3 is 6.18 Å². The van der Waals surface area contributed by atoms with Crippen LogP contribution in [0.4, 0.5) is 13.2 Å². The first kappa shape index (κ1) is 25.4. The van der Waals surface area contributed by atoms with Crippen LogP contribution in [0.1, 0.15) is 47.8 Å². The fourth-order valence-electron chi connectivity index (χ4n) is 5.54. The first-order chi connectivity index (χ1) is 17.3. The molecule has 0 amide bonds. The van der Waals surface area contributed by atoms with Crippen molar-refractivity contribution in [1.82, 2.24) is 19.4 Å². The Bertz CT molecular complexity index is 1510. The van der Waals surface area contributed by atoms with Gasteiger partial charge in [-0.2, -0.15) is 13.2 Å². The lowest BCUT2D eigenvalue weighted by Crippen LogP contribution is -2.42. The van der Waals surface area contributed by atoms with Crippen molar-refractivity contribution in [3.63, 3.8) is 0 Å². The maximum Gasteiger partial charge on any atom is 0.433 e. The zero-order valence-electron chi connectivity index (χ0n) is 20.1. The number of hydrogen-bond acceptors (Lipinski definition) is 4. The Hall–Kier alpha value is -3.30. The van der Waals surface area contributed by atoms with Gasteiger partial charge in [0.2, 0.25) is 0 Å². The Morgan fingerprint density at radius 1 is 1.14 bits per heavy atom. The molecule has 0 radical (unpaired) electrons. The van der Waals surface area contributed by atoms with Gasteiger partial charge in [-0.05, 0) is 49.1 Å². The van der Waals surface area contributed by atoms with Gasteiger partial charge in [0.25, 0.3) is 5.56 Å². The Labute approximate surface area is 217 Å². The number of nitrogens with one attached hydrogen (secondary N) is 1. The molecule has 2 aliphatic rings. The van der Waals surface area contributed by atoms with Gasteiger partial charge in [-0.15, -0.1) is 12.4 Å². The van der Waals surface area contributed by atoms with Crippen molar-refractivity contribution in [2.75, 3.05) is 0 Å². The fourth-order valence-corrected chi connectivity index (χ4v) is 5.54. The molecule has 1 saturated heterocycles. The van der Waals surface area contributed by atoms with Gasteiger partial charge in [-0.25, -0.2) is 0 Å². The smallest absolute Gasteiger partial charge is 0.433 e. The second-order valence-electron chi connectivity index (χ2n) is 9.58. The molecule has 6 nitrogen and oxygen atoms in total. The van der Waals surface area contributed by atoms with Gasteiger partial charge in [0.05, 0.1) is 11.2 Å². The number of pyridine rings is 2. The standard InChI is InChI=1S/C27H25F3N4O2.ClH/c1-33-22-12-18(6-7-20(22)26-21-4-2-3-17(32-21)11-23(26)33)34-10-9-19(13-25(34)35)36-15-16-5-8-24(31-14-16)27(28,29)30;/h5-10,12-14,17,21,32H,2-4,11,15H2,1H3;1H. The number of alkyl halides is 3. The summed E-state index contributed by atoms with van der Waals surface area (Å²) in [4.78, 5) is 16.3. The van der Waals surface area contributed by atoms with Gasteiger partial charge in [-0.1, -0.05) is 12.1 Å². The predicted octanol–water partition coefficient (Wildman–Crippen LogP) is 5.48. The molecule has 4 aromatic rings. The summed E-state index contributed by atoms with van der Waals surface area (Å²) >= 11 is 0. The van der Waals surface area contributed by atoms with Crippen molar-refractivity contribution in [2.24, 2.45) is 7.05 Å². The molecule has 194 valence electrons. The van der Waals surface area contributed by atoms with Crippen LogP contribution in [0.15, 0.2) is 59.7 Å². The van der Waals surface area contributed by atoms with E-state index in [0.717, 1.165) is 36.3 Å². The molecular formula is C27H26ClF3N4O2. The van der Waals surface area contributed by atoms with Crippen molar-refractivity contribution >= 4 is 23.3 Å². The topological polar surface area (TPSA) is 61.1 Å². The molecular weight excluding hydrogens is 505 g/mol. The van der Waals surface area contributed by atoms with Crippen LogP contribution in [-0.4, -0.2) is 20.2 Å². The van der Waals surface area contributed by atoms with E-state index in [0.29, 0.717) is 23.4 Å². The van der Waals surface area contributed by atoms with Gasteiger partial charge in [0, 0.05) is 60.7 Å². The molecule has 2 atom stereocenters. The van der Waals surface area contributed by atoms with Crippen molar-refractivity contribution in [1.29, 1.82) is 0 Å². The zero-order valence-corrected chi connectivity index (χ0v) is 20.9. The third-order valence-electron chi connectivity index (χ3n) is 7.31. The second kappa shape index (κ2) is 9.54. The van der Waals surface area contributed by atoms with Crippen LogP contribution in [0, 0.1) is 0 Å². The number of rotatable bonds is 4. The minimum Gasteiger partial charge on any atom is -0.489 e. The van der Waals surface area contributed by atoms with Gasteiger partial charge in [0.1, 0.15) is 18.1 Å². The number of nitrogens with zero attached hydrogens (tertiary/aromatic N) is 3. The summed E-state index contributed by atoms with van der Waals surface area (Å²) in [6.07, 6.45) is 2.92. The van der Waals surface area contributed by atoms with Crippen molar-refractivity contribution in [3.8, 4) is 11.4 Å². The predicted molar refractivity (Wildman–Crippen MR) is 137 cm³/mol. The summed E-state index contributed by atoms with van der Waals surface area (Å²) in [5.41, 5.74) is 3.91. The lowest BCUT2D eigenvalue weighted by atomic mass is 9.84. The molecule has 5 heterocycles. The van der Waals surface area contributed by atoms with E-state index in [-0.39, 0.29) is 24.6 Å². The number of aryl methyl sites for hydroxylation is 1. The maximum absolute atomic E-state index is 12.9. The summed E-state index contributed by atoms with van der Waals surface area (Å²) in [7, 11) is 2.10. The van der Waals surface area contributed by atoms with E-state index in [2.05, 4.69) is 28.0 Å². The van der Waals surface area contributed by atoms with Crippen LogP contribution in [0.5, 0.6) is 5.75 Å². The normalized spacial score (nSPS) is 18.8. The highest BCUT2D eigenvalue weighted by atomic mass is 35.5. The molecule has 0 spiro atoms. The fraction of sp³-hybridized carbons (Fsp3) is 0.333. The van der Waals surface area contributed by atoms with E-state index in [1.54, 1.807) is 16.8 Å². The van der Waals surface area contributed by atoms with Crippen LogP contribution in [-0.2, 0) is 26.3 Å². The Morgan fingerprint density at radius 3 is 2.70 bits per heavy atom. The summed E-state index contributed by atoms with van der Waals surface area (Å²) in [6, 6.07) is 12.3. The molecule has 2 unspecified atom stereocenters. The summed E-state index contributed by atoms with van der Waals surface area (Å²) in [5, 5.41) is 5.00. The minimum absolute atomic E-state index is 0. The molecule has 1 fully saturated rings. The monoisotopic (exact) mass is 530 g/mol. The highest BCUT2D eigenvalue weighted by Gasteiger charge is 2.34. The van der Waals surface area contributed by atoms with Crippen LogP contribution in [0.25, 0.3) is 16.6 Å². The van der Waals surface area contributed by atoms with Crippen LogP contribution in [0.2, 0.25) is 0 Å². The van der Waals surface area contributed by atoms with E-state index >= 15 is 0 Å². The summed E-state index contributed by atoms with van der Waals surface area (Å²) in [6.45, 7) is 0.00560. The molecule has 1 aromatic carbocycles. The highest BCUT2D eigenvalue weighted by Crippen LogP contribution is 2.40. The van der Waals surface area contributed by atoms with Crippen LogP contribution >= 0.6 is 12.4 Å². The summed E-state index contributed by atoms with van der Waals surface area (Å²) in [5.74, 6) is 0.338. The Balaban J connectivity index is 0.00000280. The lowest BCUT2D eigenvalue weighted by molar-refractivity contribution is -0.141. The minimum atomic E-state index is -4.48. The first-order valence-electron chi connectivity index (χ1n) is 12.0. The van der Waals surface area contributed by atoms with Crippen LogP contribution < -0.4 is 15.6 Å². The van der Waals surface area contributed by atoms with E-state index in [1.165, 1.54) is 41.6 Å². The molecule has 1 N–H and O–H groups in total. The van der Waals surface area contributed by atoms with E-state index in [4.69, 9.17) is 4.74 Å². The quantitative estimate of drug-likeness (QED) is 0.379. The maximum atomic E-state index is 12.9.